The van der Waals surface area contributed by atoms with Crippen molar-refractivity contribution in [3.05, 3.63) is 35.7 Å². The van der Waals surface area contributed by atoms with Crippen molar-refractivity contribution in [1.29, 1.82) is 0 Å². The Kier molecular flexibility index (Phi) is 7.80. The summed E-state index contributed by atoms with van der Waals surface area (Å²) in [6.07, 6.45) is 4.70. The number of nitrogens with zero attached hydrogens (tertiary/aromatic N) is 2. The predicted molar refractivity (Wildman–Crippen MR) is 108 cm³/mol. The summed E-state index contributed by atoms with van der Waals surface area (Å²) < 4.78 is 5.29. The monoisotopic (exact) mass is 392 g/mol. The molecule has 6 nitrogen and oxygen atoms in total. The van der Waals surface area contributed by atoms with Crippen LogP contribution in [0.3, 0.4) is 0 Å². The first kappa shape index (κ1) is 21.4. The molecule has 2 aromatic rings. The molecule has 1 aliphatic rings. The molecule has 1 amide bonds. The van der Waals surface area contributed by atoms with Crippen LogP contribution in [0.15, 0.2) is 28.8 Å². The van der Waals surface area contributed by atoms with Crippen LogP contribution >= 0.6 is 12.4 Å². The van der Waals surface area contributed by atoms with Gasteiger partial charge >= 0.3 is 0 Å². The van der Waals surface area contributed by atoms with Gasteiger partial charge in [0.2, 0.25) is 17.6 Å². The van der Waals surface area contributed by atoms with Crippen molar-refractivity contribution in [2.45, 2.75) is 70.4 Å². The minimum atomic E-state index is 0. The first-order valence-corrected chi connectivity index (χ1v) is 9.49. The minimum absolute atomic E-state index is 0. The van der Waals surface area contributed by atoms with E-state index in [-0.39, 0.29) is 30.4 Å². The van der Waals surface area contributed by atoms with Crippen LogP contribution in [0, 0.1) is 0 Å². The molecule has 3 rings (SSSR count). The molecule has 0 radical (unpaired) electrons. The van der Waals surface area contributed by atoms with E-state index in [0.29, 0.717) is 30.5 Å². The number of carbonyl (C=O) groups is 1. The van der Waals surface area contributed by atoms with E-state index in [1.165, 1.54) is 5.56 Å². The van der Waals surface area contributed by atoms with Crippen LogP contribution in [0.2, 0.25) is 0 Å². The lowest BCUT2D eigenvalue weighted by molar-refractivity contribution is -0.122. The Morgan fingerprint density at radius 3 is 2.52 bits per heavy atom. The molecule has 1 heterocycles. The van der Waals surface area contributed by atoms with Crippen molar-refractivity contribution in [2.24, 2.45) is 5.73 Å². The van der Waals surface area contributed by atoms with Gasteiger partial charge in [-0.1, -0.05) is 43.3 Å². The molecule has 1 aromatic heterocycles. The van der Waals surface area contributed by atoms with Gasteiger partial charge < -0.3 is 15.6 Å². The highest BCUT2D eigenvalue weighted by molar-refractivity contribution is 5.85. The van der Waals surface area contributed by atoms with E-state index in [4.69, 9.17) is 10.3 Å². The van der Waals surface area contributed by atoms with Gasteiger partial charge in [0.1, 0.15) is 0 Å². The molecule has 0 saturated heterocycles. The minimum Gasteiger partial charge on any atom is -0.353 e. The fraction of sp³-hybridized carbons (Fsp3) is 0.550. The fourth-order valence-corrected chi connectivity index (χ4v) is 3.27. The zero-order valence-corrected chi connectivity index (χ0v) is 16.8. The highest BCUT2D eigenvalue weighted by Crippen LogP contribution is 2.21. The van der Waals surface area contributed by atoms with Gasteiger partial charge in [0.15, 0.2) is 0 Å². The van der Waals surface area contributed by atoms with Crippen molar-refractivity contribution in [1.82, 2.24) is 15.5 Å². The second kappa shape index (κ2) is 9.85. The van der Waals surface area contributed by atoms with Crippen molar-refractivity contribution in [2.75, 3.05) is 0 Å². The Morgan fingerprint density at radius 2 is 1.89 bits per heavy atom. The molecule has 0 atom stereocenters. The molecule has 1 saturated carbocycles. The normalized spacial score (nSPS) is 19.6. The van der Waals surface area contributed by atoms with E-state index in [0.717, 1.165) is 31.2 Å². The third-order valence-electron chi connectivity index (χ3n) is 5.01. The summed E-state index contributed by atoms with van der Waals surface area (Å²) in [5.74, 6) is 1.58. The average molecular weight is 393 g/mol. The summed E-state index contributed by atoms with van der Waals surface area (Å²) >= 11 is 0. The van der Waals surface area contributed by atoms with Crippen LogP contribution in [-0.4, -0.2) is 28.1 Å². The Hall–Kier alpha value is -1.92. The first-order chi connectivity index (χ1) is 12.5. The molecule has 27 heavy (non-hydrogen) atoms. The summed E-state index contributed by atoms with van der Waals surface area (Å²) in [6.45, 7) is 4.32. The number of hydrogen-bond donors (Lipinski definition) is 2. The quantitative estimate of drug-likeness (QED) is 0.783. The smallest absolute Gasteiger partial charge is 0.227 e. The number of halogens is 1. The predicted octanol–water partition coefficient (Wildman–Crippen LogP) is 3.60. The SMILES string of the molecule is CC(C)c1ccc(-c2noc(CCC(=O)NC3CCC(N)CC3)n2)cc1.Cl. The third-order valence-corrected chi connectivity index (χ3v) is 5.01. The highest BCUT2D eigenvalue weighted by atomic mass is 35.5. The van der Waals surface area contributed by atoms with E-state index < -0.39 is 0 Å². The van der Waals surface area contributed by atoms with Crippen LogP contribution < -0.4 is 11.1 Å². The van der Waals surface area contributed by atoms with Crippen LogP contribution in [0.5, 0.6) is 0 Å². The second-order valence-corrected chi connectivity index (χ2v) is 7.47. The maximum absolute atomic E-state index is 12.1. The molecular formula is C20H29ClN4O2. The Bertz CT molecular complexity index is 722. The lowest BCUT2D eigenvalue weighted by Gasteiger charge is -2.26. The van der Waals surface area contributed by atoms with Crippen LogP contribution in [0.1, 0.15) is 63.3 Å². The van der Waals surface area contributed by atoms with Crippen molar-refractivity contribution in [3.8, 4) is 11.4 Å². The molecule has 1 aliphatic carbocycles. The summed E-state index contributed by atoms with van der Waals surface area (Å²) in [7, 11) is 0. The van der Waals surface area contributed by atoms with Gasteiger partial charge in [-0.3, -0.25) is 4.79 Å². The first-order valence-electron chi connectivity index (χ1n) is 9.49. The molecule has 1 fully saturated rings. The van der Waals surface area contributed by atoms with Gasteiger partial charge in [-0.05, 0) is 37.2 Å². The molecule has 3 N–H and O–H groups in total. The topological polar surface area (TPSA) is 94.0 Å². The van der Waals surface area contributed by atoms with Gasteiger partial charge in [0.25, 0.3) is 0 Å². The Balaban J connectivity index is 0.00000261. The molecule has 1 aromatic carbocycles. The number of benzene rings is 1. The van der Waals surface area contributed by atoms with E-state index in [1.54, 1.807) is 0 Å². The van der Waals surface area contributed by atoms with Crippen molar-refractivity contribution in [3.63, 3.8) is 0 Å². The number of nitrogens with two attached hydrogens (primary N) is 1. The van der Waals surface area contributed by atoms with Gasteiger partial charge in [-0.15, -0.1) is 12.4 Å². The molecule has 0 spiro atoms. The maximum atomic E-state index is 12.1. The Morgan fingerprint density at radius 1 is 1.22 bits per heavy atom. The number of rotatable bonds is 6. The average Bonchev–Trinajstić information content (AvgIpc) is 3.11. The summed E-state index contributed by atoms with van der Waals surface area (Å²) in [5, 5.41) is 7.11. The van der Waals surface area contributed by atoms with Gasteiger partial charge in [0.05, 0.1) is 0 Å². The van der Waals surface area contributed by atoms with Gasteiger partial charge in [-0.25, -0.2) is 0 Å². The van der Waals surface area contributed by atoms with E-state index in [1.807, 2.05) is 12.1 Å². The molecule has 7 heteroatoms. The molecule has 0 bridgehead atoms. The summed E-state index contributed by atoms with van der Waals surface area (Å²) in [6, 6.07) is 8.71. The van der Waals surface area contributed by atoms with Crippen LogP contribution in [-0.2, 0) is 11.2 Å². The standard InChI is InChI=1S/C20H28N4O2.ClH/c1-13(2)14-3-5-15(6-4-14)20-23-19(26-24-20)12-11-18(25)22-17-9-7-16(21)8-10-17;/h3-6,13,16-17H,7-12,21H2,1-2H3,(H,22,25);1H. The summed E-state index contributed by atoms with van der Waals surface area (Å²) in [4.78, 5) is 16.5. The summed E-state index contributed by atoms with van der Waals surface area (Å²) in [5.41, 5.74) is 8.09. The molecule has 148 valence electrons. The number of amides is 1. The fourth-order valence-electron chi connectivity index (χ4n) is 3.27. The van der Waals surface area contributed by atoms with Crippen molar-refractivity contribution >= 4 is 18.3 Å². The van der Waals surface area contributed by atoms with Gasteiger partial charge in [-0.2, -0.15) is 4.98 Å². The second-order valence-electron chi connectivity index (χ2n) is 7.47. The number of carbonyl (C=O) groups excluding carboxylic acids is 1. The van der Waals surface area contributed by atoms with Crippen LogP contribution in [0.4, 0.5) is 0 Å². The number of hydrogen-bond acceptors (Lipinski definition) is 5. The lowest BCUT2D eigenvalue weighted by atomic mass is 9.92. The van der Waals surface area contributed by atoms with E-state index >= 15 is 0 Å². The molecule has 0 aliphatic heterocycles. The largest absolute Gasteiger partial charge is 0.353 e. The van der Waals surface area contributed by atoms with Gasteiger partial charge in [0, 0.05) is 30.5 Å². The van der Waals surface area contributed by atoms with E-state index in [9.17, 15) is 4.79 Å². The molecule has 0 unspecified atom stereocenters. The molecular weight excluding hydrogens is 364 g/mol. The number of aromatic nitrogens is 2. The maximum Gasteiger partial charge on any atom is 0.227 e. The van der Waals surface area contributed by atoms with Crippen LogP contribution in [0.25, 0.3) is 11.4 Å². The zero-order valence-electron chi connectivity index (χ0n) is 16.0. The highest BCUT2D eigenvalue weighted by Gasteiger charge is 2.20. The Labute approximate surface area is 166 Å². The van der Waals surface area contributed by atoms with E-state index in [2.05, 4.69) is 41.4 Å². The number of nitrogens with one attached hydrogen (secondary N) is 1. The number of aryl methyl sites for hydroxylation is 1. The lowest BCUT2D eigenvalue weighted by Crippen LogP contribution is -2.40. The van der Waals surface area contributed by atoms with Crippen molar-refractivity contribution < 1.29 is 9.32 Å². The zero-order chi connectivity index (χ0) is 18.5. The third kappa shape index (κ3) is 6.04.